The molecule has 4 N–H and O–H groups in total. The average Bonchev–Trinajstić information content (AvgIpc) is 2.89. The van der Waals surface area contributed by atoms with E-state index in [-0.39, 0.29) is 11.6 Å². The molecule has 6 heteroatoms. The van der Waals surface area contributed by atoms with E-state index in [4.69, 9.17) is 17.3 Å². The monoisotopic (exact) mass is 286 g/mol. The van der Waals surface area contributed by atoms with Gasteiger partial charge < -0.3 is 11.1 Å². The minimum atomic E-state index is -0.298. The largest absolute Gasteiger partial charge is 0.397 e. The number of carbonyl (C=O) groups is 1. The van der Waals surface area contributed by atoms with Crippen LogP contribution in [0.15, 0.2) is 42.6 Å². The molecule has 1 amide bonds. The number of hydrogen-bond donors (Lipinski definition) is 3. The van der Waals surface area contributed by atoms with E-state index < -0.39 is 0 Å². The summed E-state index contributed by atoms with van der Waals surface area (Å²) in [5.41, 5.74) is 8.01. The standard InChI is InChI=1S/C14H11ClN4O/c15-11-3-1-2-10(13(11)16)14(20)18-9-4-5-12-8(6-9)7-17-19-12/h1-7H,16H2,(H,17,19)(H,18,20). The zero-order chi connectivity index (χ0) is 14.1. The van der Waals surface area contributed by atoms with Crippen molar-refractivity contribution in [1.29, 1.82) is 0 Å². The van der Waals surface area contributed by atoms with Crippen molar-refractivity contribution in [3.8, 4) is 0 Å². The molecule has 0 saturated heterocycles. The third-order valence-electron chi connectivity index (χ3n) is 3.00. The molecule has 5 nitrogen and oxygen atoms in total. The molecule has 0 saturated carbocycles. The van der Waals surface area contributed by atoms with Crippen molar-refractivity contribution in [3.63, 3.8) is 0 Å². The molecule has 100 valence electrons. The van der Waals surface area contributed by atoms with Crippen LogP contribution >= 0.6 is 11.6 Å². The summed E-state index contributed by atoms with van der Waals surface area (Å²) < 4.78 is 0. The Morgan fingerprint density at radius 3 is 3.00 bits per heavy atom. The van der Waals surface area contributed by atoms with E-state index >= 15 is 0 Å². The van der Waals surface area contributed by atoms with Gasteiger partial charge in [0.05, 0.1) is 28.0 Å². The predicted molar refractivity (Wildman–Crippen MR) is 79.9 cm³/mol. The van der Waals surface area contributed by atoms with Crippen molar-refractivity contribution in [1.82, 2.24) is 10.2 Å². The van der Waals surface area contributed by atoms with Crippen LogP contribution in [0.1, 0.15) is 10.4 Å². The van der Waals surface area contributed by atoms with Gasteiger partial charge in [0.2, 0.25) is 0 Å². The van der Waals surface area contributed by atoms with E-state index in [0.29, 0.717) is 16.3 Å². The van der Waals surface area contributed by atoms with Crippen LogP contribution in [0.3, 0.4) is 0 Å². The minimum absolute atomic E-state index is 0.274. The molecule has 0 aliphatic heterocycles. The first-order chi connectivity index (χ1) is 9.65. The number of halogens is 1. The fourth-order valence-electron chi connectivity index (χ4n) is 1.95. The highest BCUT2D eigenvalue weighted by Crippen LogP contribution is 2.24. The Bertz CT molecular complexity index is 797. The first-order valence-corrected chi connectivity index (χ1v) is 6.31. The average molecular weight is 287 g/mol. The van der Waals surface area contributed by atoms with Gasteiger partial charge in [-0.15, -0.1) is 0 Å². The van der Waals surface area contributed by atoms with E-state index in [2.05, 4.69) is 15.5 Å². The molecule has 0 radical (unpaired) electrons. The Morgan fingerprint density at radius 2 is 2.15 bits per heavy atom. The van der Waals surface area contributed by atoms with Crippen molar-refractivity contribution in [3.05, 3.63) is 53.2 Å². The fraction of sp³-hybridized carbons (Fsp3) is 0. The number of fused-ring (bicyclic) bond motifs is 1. The highest BCUT2D eigenvalue weighted by atomic mass is 35.5. The van der Waals surface area contributed by atoms with Gasteiger partial charge in [0, 0.05) is 11.1 Å². The Labute approximate surface area is 119 Å². The Morgan fingerprint density at radius 1 is 1.30 bits per heavy atom. The zero-order valence-electron chi connectivity index (χ0n) is 10.4. The molecule has 0 spiro atoms. The van der Waals surface area contributed by atoms with Gasteiger partial charge in [-0.2, -0.15) is 5.10 Å². The zero-order valence-corrected chi connectivity index (χ0v) is 11.1. The number of nitrogens with one attached hydrogen (secondary N) is 2. The van der Waals surface area contributed by atoms with Crippen molar-refractivity contribution in [2.45, 2.75) is 0 Å². The van der Waals surface area contributed by atoms with Gasteiger partial charge in [-0.1, -0.05) is 17.7 Å². The van der Waals surface area contributed by atoms with Crippen LogP contribution in [-0.4, -0.2) is 16.1 Å². The fourth-order valence-corrected chi connectivity index (χ4v) is 2.13. The van der Waals surface area contributed by atoms with Crippen molar-refractivity contribution < 1.29 is 4.79 Å². The number of carbonyl (C=O) groups excluding carboxylic acids is 1. The third-order valence-corrected chi connectivity index (χ3v) is 3.33. The lowest BCUT2D eigenvalue weighted by Crippen LogP contribution is -2.14. The second-order valence-electron chi connectivity index (χ2n) is 4.33. The highest BCUT2D eigenvalue weighted by molar-refractivity contribution is 6.34. The van der Waals surface area contributed by atoms with E-state index in [1.54, 1.807) is 30.5 Å². The number of aromatic amines is 1. The van der Waals surface area contributed by atoms with E-state index in [9.17, 15) is 4.79 Å². The normalized spacial score (nSPS) is 10.7. The van der Waals surface area contributed by atoms with E-state index in [0.717, 1.165) is 10.9 Å². The number of para-hydroxylation sites is 1. The smallest absolute Gasteiger partial charge is 0.257 e. The number of hydrogen-bond acceptors (Lipinski definition) is 3. The molecule has 3 rings (SSSR count). The van der Waals surface area contributed by atoms with Crippen LogP contribution in [0, 0.1) is 0 Å². The molecule has 1 heterocycles. The third kappa shape index (κ3) is 2.19. The Hall–Kier alpha value is -2.53. The molecular formula is C14H11ClN4O. The number of nitrogens with two attached hydrogens (primary N) is 1. The number of nitrogens with zero attached hydrogens (tertiary/aromatic N) is 1. The maximum Gasteiger partial charge on any atom is 0.257 e. The maximum absolute atomic E-state index is 12.2. The number of H-pyrrole nitrogens is 1. The van der Waals surface area contributed by atoms with Crippen molar-refractivity contribution in [2.24, 2.45) is 0 Å². The molecule has 0 aliphatic rings. The summed E-state index contributed by atoms with van der Waals surface area (Å²) in [4.78, 5) is 12.2. The summed E-state index contributed by atoms with van der Waals surface area (Å²) in [6.45, 7) is 0. The molecule has 20 heavy (non-hydrogen) atoms. The Kier molecular flexibility index (Phi) is 3.04. The van der Waals surface area contributed by atoms with Gasteiger partial charge in [0.25, 0.3) is 5.91 Å². The summed E-state index contributed by atoms with van der Waals surface area (Å²) >= 11 is 5.91. The highest BCUT2D eigenvalue weighted by Gasteiger charge is 2.12. The second kappa shape index (κ2) is 4.86. The number of nitrogen functional groups attached to an aromatic ring is 1. The SMILES string of the molecule is Nc1c(Cl)cccc1C(=O)Nc1ccc2[nH]ncc2c1. The molecule has 0 atom stereocenters. The van der Waals surface area contributed by atoms with Crippen LogP contribution in [0.4, 0.5) is 11.4 Å². The molecular weight excluding hydrogens is 276 g/mol. The van der Waals surface area contributed by atoms with Gasteiger partial charge in [-0.25, -0.2) is 0 Å². The molecule has 0 aliphatic carbocycles. The van der Waals surface area contributed by atoms with E-state index in [1.807, 2.05) is 12.1 Å². The van der Waals surface area contributed by atoms with Gasteiger partial charge in [0.1, 0.15) is 0 Å². The summed E-state index contributed by atoms with van der Waals surface area (Å²) in [7, 11) is 0. The van der Waals surface area contributed by atoms with Crippen LogP contribution in [0.25, 0.3) is 10.9 Å². The Balaban J connectivity index is 1.90. The molecule has 2 aromatic carbocycles. The molecule has 1 aromatic heterocycles. The topological polar surface area (TPSA) is 83.8 Å². The van der Waals surface area contributed by atoms with Gasteiger partial charge in [0.15, 0.2) is 0 Å². The molecule has 3 aromatic rings. The lowest BCUT2D eigenvalue weighted by atomic mass is 10.1. The summed E-state index contributed by atoms with van der Waals surface area (Å²) in [6, 6.07) is 10.4. The van der Waals surface area contributed by atoms with Crippen LogP contribution < -0.4 is 11.1 Å². The maximum atomic E-state index is 12.2. The lowest BCUT2D eigenvalue weighted by molar-refractivity contribution is 0.102. The van der Waals surface area contributed by atoms with Crippen molar-refractivity contribution >= 4 is 39.8 Å². The number of rotatable bonds is 2. The first kappa shape index (κ1) is 12.5. The lowest BCUT2D eigenvalue weighted by Gasteiger charge is -2.08. The number of anilines is 2. The van der Waals surface area contributed by atoms with Crippen molar-refractivity contribution in [2.75, 3.05) is 11.1 Å². The number of benzene rings is 2. The quantitative estimate of drug-likeness (QED) is 0.633. The number of amides is 1. The second-order valence-corrected chi connectivity index (χ2v) is 4.73. The van der Waals surface area contributed by atoms with Crippen LogP contribution in [0.2, 0.25) is 5.02 Å². The number of aromatic nitrogens is 2. The minimum Gasteiger partial charge on any atom is -0.397 e. The summed E-state index contributed by atoms with van der Waals surface area (Å²) in [6.07, 6.45) is 1.69. The molecule has 0 bridgehead atoms. The van der Waals surface area contributed by atoms with Crippen LogP contribution in [0.5, 0.6) is 0 Å². The first-order valence-electron chi connectivity index (χ1n) is 5.93. The molecule has 0 fully saturated rings. The summed E-state index contributed by atoms with van der Waals surface area (Å²) in [5, 5.41) is 10.8. The molecule has 0 unspecified atom stereocenters. The predicted octanol–water partition coefficient (Wildman–Crippen LogP) is 3.05. The van der Waals surface area contributed by atoms with Gasteiger partial charge in [-0.05, 0) is 30.3 Å². The van der Waals surface area contributed by atoms with Gasteiger partial charge >= 0.3 is 0 Å². The van der Waals surface area contributed by atoms with Gasteiger partial charge in [-0.3, -0.25) is 9.89 Å². The van der Waals surface area contributed by atoms with Crippen LogP contribution in [-0.2, 0) is 0 Å². The summed E-state index contributed by atoms with van der Waals surface area (Å²) in [5.74, 6) is -0.298. The van der Waals surface area contributed by atoms with E-state index in [1.165, 1.54) is 0 Å².